The standard InChI is InChI=1S/C7H11N3S/c1-9-7(10-8)4-6-2-3-11-5-6/h2-3,5H,4,8H2,1H3,(H,9,10). The van der Waals surface area contributed by atoms with Crippen molar-refractivity contribution in [2.45, 2.75) is 6.42 Å². The first-order valence-electron chi connectivity index (χ1n) is 3.30. The van der Waals surface area contributed by atoms with Crippen LogP contribution in [0.4, 0.5) is 0 Å². The zero-order valence-corrected chi connectivity index (χ0v) is 7.19. The molecule has 0 aliphatic heterocycles. The van der Waals surface area contributed by atoms with Crippen LogP contribution in [-0.4, -0.2) is 12.9 Å². The van der Waals surface area contributed by atoms with E-state index in [1.54, 1.807) is 18.4 Å². The van der Waals surface area contributed by atoms with Crippen LogP contribution >= 0.6 is 11.3 Å². The number of nitrogens with two attached hydrogens (primary N) is 1. The van der Waals surface area contributed by atoms with E-state index in [2.05, 4.69) is 21.9 Å². The first-order chi connectivity index (χ1) is 5.36. The van der Waals surface area contributed by atoms with Gasteiger partial charge >= 0.3 is 0 Å². The number of amidine groups is 1. The maximum absolute atomic E-state index is 5.22. The SMILES string of the molecule is CN=C(Cc1ccsc1)NN. The second-order valence-corrected chi connectivity index (χ2v) is 2.90. The highest BCUT2D eigenvalue weighted by Gasteiger charge is 1.97. The predicted molar refractivity (Wildman–Crippen MR) is 48.7 cm³/mol. The molecule has 1 heterocycles. The molecule has 1 aromatic heterocycles. The summed E-state index contributed by atoms with van der Waals surface area (Å²) >= 11 is 1.68. The van der Waals surface area contributed by atoms with Gasteiger partial charge in [0.25, 0.3) is 0 Å². The smallest absolute Gasteiger partial charge is 0.114 e. The van der Waals surface area contributed by atoms with Crippen molar-refractivity contribution in [3.63, 3.8) is 0 Å². The van der Waals surface area contributed by atoms with Crippen molar-refractivity contribution in [2.75, 3.05) is 7.05 Å². The zero-order chi connectivity index (χ0) is 8.10. The van der Waals surface area contributed by atoms with Crippen molar-refractivity contribution in [1.82, 2.24) is 5.43 Å². The molecule has 3 nitrogen and oxygen atoms in total. The minimum absolute atomic E-state index is 0.788. The van der Waals surface area contributed by atoms with Gasteiger partial charge in [0.15, 0.2) is 0 Å². The average molecular weight is 169 g/mol. The Labute approximate surface area is 69.9 Å². The predicted octanol–water partition coefficient (Wildman–Crippen LogP) is 0.782. The summed E-state index contributed by atoms with van der Waals surface area (Å²) in [6.07, 6.45) is 0.788. The van der Waals surface area contributed by atoms with Crippen LogP contribution in [-0.2, 0) is 6.42 Å². The molecule has 0 radical (unpaired) electrons. The fourth-order valence-corrected chi connectivity index (χ4v) is 1.45. The molecule has 0 amide bonds. The molecular weight excluding hydrogens is 158 g/mol. The summed E-state index contributed by atoms with van der Waals surface area (Å²) in [5.41, 5.74) is 3.79. The van der Waals surface area contributed by atoms with Crippen molar-refractivity contribution >= 4 is 17.2 Å². The fraction of sp³-hybridized carbons (Fsp3) is 0.286. The lowest BCUT2D eigenvalue weighted by atomic mass is 10.2. The Hall–Kier alpha value is -0.870. The van der Waals surface area contributed by atoms with Crippen molar-refractivity contribution in [3.8, 4) is 0 Å². The molecule has 0 aliphatic rings. The number of aliphatic imine (C=N–C) groups is 1. The third-order valence-electron chi connectivity index (χ3n) is 1.39. The molecule has 0 saturated carbocycles. The molecule has 0 aromatic carbocycles. The molecule has 0 unspecified atom stereocenters. The third kappa shape index (κ3) is 2.32. The largest absolute Gasteiger partial charge is 0.312 e. The summed E-state index contributed by atoms with van der Waals surface area (Å²) < 4.78 is 0. The Morgan fingerprint density at radius 2 is 2.64 bits per heavy atom. The molecule has 0 spiro atoms. The van der Waals surface area contributed by atoms with Crippen molar-refractivity contribution in [1.29, 1.82) is 0 Å². The molecule has 1 rings (SSSR count). The van der Waals surface area contributed by atoms with E-state index in [9.17, 15) is 0 Å². The highest BCUT2D eigenvalue weighted by Crippen LogP contribution is 2.06. The first-order valence-corrected chi connectivity index (χ1v) is 4.24. The minimum Gasteiger partial charge on any atom is -0.312 e. The van der Waals surface area contributed by atoms with Crippen LogP contribution in [0.15, 0.2) is 21.8 Å². The van der Waals surface area contributed by atoms with Gasteiger partial charge in [-0.25, -0.2) is 5.84 Å². The first kappa shape index (κ1) is 8.23. The monoisotopic (exact) mass is 169 g/mol. The van der Waals surface area contributed by atoms with E-state index >= 15 is 0 Å². The lowest BCUT2D eigenvalue weighted by molar-refractivity contribution is 0.983. The topological polar surface area (TPSA) is 50.4 Å². The van der Waals surface area contributed by atoms with E-state index < -0.39 is 0 Å². The second-order valence-electron chi connectivity index (χ2n) is 2.12. The fourth-order valence-electron chi connectivity index (χ4n) is 0.781. The summed E-state index contributed by atoms with van der Waals surface area (Å²) in [4.78, 5) is 3.97. The number of hydrogen-bond donors (Lipinski definition) is 2. The quantitative estimate of drug-likeness (QED) is 0.297. The van der Waals surface area contributed by atoms with Crippen LogP contribution in [0.2, 0.25) is 0 Å². The minimum atomic E-state index is 0.788. The number of hydrazine groups is 1. The van der Waals surface area contributed by atoms with Gasteiger partial charge < -0.3 is 5.43 Å². The van der Waals surface area contributed by atoms with Crippen molar-refractivity contribution in [3.05, 3.63) is 22.4 Å². The summed E-state index contributed by atoms with van der Waals surface area (Å²) in [7, 11) is 1.72. The van der Waals surface area contributed by atoms with Crippen LogP contribution in [0.1, 0.15) is 5.56 Å². The van der Waals surface area contributed by atoms with Gasteiger partial charge in [-0.05, 0) is 22.4 Å². The summed E-state index contributed by atoms with van der Waals surface area (Å²) in [6.45, 7) is 0. The lowest BCUT2D eigenvalue weighted by Crippen LogP contribution is -2.31. The van der Waals surface area contributed by atoms with E-state index in [4.69, 9.17) is 5.84 Å². The van der Waals surface area contributed by atoms with E-state index in [0.29, 0.717) is 0 Å². The van der Waals surface area contributed by atoms with E-state index in [-0.39, 0.29) is 0 Å². The molecular formula is C7H11N3S. The molecule has 3 N–H and O–H groups in total. The molecule has 0 fully saturated rings. The lowest BCUT2D eigenvalue weighted by Gasteiger charge is -2.00. The van der Waals surface area contributed by atoms with Gasteiger partial charge in [0.2, 0.25) is 0 Å². The second kappa shape index (κ2) is 4.10. The van der Waals surface area contributed by atoms with Gasteiger partial charge in [0.1, 0.15) is 5.84 Å². The van der Waals surface area contributed by atoms with Crippen LogP contribution in [0.5, 0.6) is 0 Å². The number of hydrogen-bond acceptors (Lipinski definition) is 3. The summed E-state index contributed by atoms with van der Waals surface area (Å²) in [6, 6.07) is 2.06. The maximum Gasteiger partial charge on any atom is 0.114 e. The van der Waals surface area contributed by atoms with Gasteiger partial charge in [0.05, 0.1) is 0 Å². The van der Waals surface area contributed by atoms with Gasteiger partial charge in [-0.15, -0.1) is 0 Å². The number of nitrogens with zero attached hydrogens (tertiary/aromatic N) is 1. The van der Waals surface area contributed by atoms with Crippen LogP contribution in [0.3, 0.4) is 0 Å². The third-order valence-corrected chi connectivity index (χ3v) is 2.12. The molecule has 1 aromatic rings. The average Bonchev–Trinajstić information content (AvgIpc) is 2.52. The van der Waals surface area contributed by atoms with E-state index in [1.165, 1.54) is 5.56 Å². The van der Waals surface area contributed by atoms with Crippen LogP contribution in [0.25, 0.3) is 0 Å². The Bertz CT molecular complexity index is 228. The Kier molecular flexibility index (Phi) is 3.07. The number of rotatable bonds is 2. The van der Waals surface area contributed by atoms with E-state index in [0.717, 1.165) is 12.3 Å². The molecule has 0 saturated heterocycles. The number of nitrogens with one attached hydrogen (secondary N) is 1. The highest BCUT2D eigenvalue weighted by atomic mass is 32.1. The van der Waals surface area contributed by atoms with Gasteiger partial charge in [0, 0.05) is 13.5 Å². The van der Waals surface area contributed by atoms with Crippen molar-refractivity contribution < 1.29 is 0 Å². The van der Waals surface area contributed by atoms with Gasteiger partial charge in [-0.1, -0.05) is 0 Å². The summed E-state index contributed by atoms with van der Waals surface area (Å²) in [5.74, 6) is 6.03. The normalized spacial score (nSPS) is 11.6. The molecule has 60 valence electrons. The Balaban J connectivity index is 2.55. The molecule has 0 atom stereocenters. The molecule has 0 aliphatic carbocycles. The van der Waals surface area contributed by atoms with Gasteiger partial charge in [-0.2, -0.15) is 11.3 Å². The zero-order valence-electron chi connectivity index (χ0n) is 6.37. The maximum atomic E-state index is 5.22. The van der Waals surface area contributed by atoms with Gasteiger partial charge in [-0.3, -0.25) is 4.99 Å². The Morgan fingerprint density at radius 1 is 1.82 bits per heavy atom. The summed E-state index contributed by atoms with van der Waals surface area (Å²) in [5, 5.41) is 4.13. The highest BCUT2D eigenvalue weighted by molar-refractivity contribution is 7.07. The Morgan fingerprint density at radius 3 is 3.09 bits per heavy atom. The van der Waals surface area contributed by atoms with Crippen LogP contribution < -0.4 is 11.3 Å². The van der Waals surface area contributed by atoms with Crippen molar-refractivity contribution in [2.24, 2.45) is 10.8 Å². The van der Waals surface area contributed by atoms with Crippen LogP contribution in [0, 0.1) is 0 Å². The van der Waals surface area contributed by atoms with E-state index in [1.807, 2.05) is 5.38 Å². The number of thiophene rings is 1. The molecule has 0 bridgehead atoms. The molecule has 4 heteroatoms. The molecule has 11 heavy (non-hydrogen) atoms.